The first-order valence-electron chi connectivity index (χ1n) is 5.44. The van der Waals surface area contributed by atoms with E-state index in [0.29, 0.717) is 31.6 Å². The van der Waals surface area contributed by atoms with Crippen molar-refractivity contribution in [1.29, 1.82) is 0 Å². The molecule has 0 fully saturated rings. The van der Waals surface area contributed by atoms with Crippen LogP contribution in [-0.4, -0.2) is 6.18 Å². The van der Waals surface area contributed by atoms with Crippen LogP contribution in [0.3, 0.4) is 0 Å². The van der Waals surface area contributed by atoms with Crippen molar-refractivity contribution in [3.63, 3.8) is 0 Å². The minimum absolute atomic E-state index is 0.293. The highest BCUT2D eigenvalue weighted by atomic mass is 19.4. The van der Waals surface area contributed by atoms with E-state index in [9.17, 15) is 13.2 Å². The van der Waals surface area contributed by atoms with Crippen molar-refractivity contribution in [2.24, 2.45) is 11.8 Å². The summed E-state index contributed by atoms with van der Waals surface area (Å²) in [6.07, 6.45) is -1.21. The van der Waals surface area contributed by atoms with Gasteiger partial charge < -0.3 is 0 Å². The van der Waals surface area contributed by atoms with Crippen molar-refractivity contribution in [3.05, 3.63) is 0 Å². The van der Waals surface area contributed by atoms with Crippen molar-refractivity contribution in [2.45, 2.75) is 59.1 Å². The summed E-state index contributed by atoms with van der Waals surface area (Å²) in [5.41, 5.74) is 0. The maximum absolute atomic E-state index is 12.5. The average molecular weight is 210 g/mol. The molecule has 0 nitrogen and oxygen atoms in total. The predicted molar refractivity (Wildman–Crippen MR) is 53.1 cm³/mol. The number of unbranched alkanes of at least 4 members (excludes halogenated alkanes) is 1. The molecular weight excluding hydrogens is 189 g/mol. The summed E-state index contributed by atoms with van der Waals surface area (Å²) in [6, 6.07) is 0. The van der Waals surface area contributed by atoms with Gasteiger partial charge in [-0.25, -0.2) is 0 Å². The third kappa shape index (κ3) is 6.28. The predicted octanol–water partition coefficient (Wildman–Crippen LogP) is 4.79. The lowest BCUT2D eigenvalue weighted by molar-refractivity contribution is -0.179. The van der Waals surface area contributed by atoms with Gasteiger partial charge in [-0.2, -0.15) is 13.2 Å². The van der Waals surface area contributed by atoms with Crippen LogP contribution >= 0.6 is 0 Å². The molecule has 0 rings (SSSR count). The quantitative estimate of drug-likeness (QED) is 0.591. The van der Waals surface area contributed by atoms with E-state index >= 15 is 0 Å². The lowest BCUT2D eigenvalue weighted by atomic mass is 9.93. The minimum atomic E-state index is -4.00. The average Bonchev–Trinajstić information content (AvgIpc) is 2.01. The smallest absolute Gasteiger partial charge is 0.171 e. The molecule has 0 aliphatic heterocycles. The van der Waals surface area contributed by atoms with Crippen molar-refractivity contribution in [3.8, 4) is 0 Å². The Hall–Kier alpha value is -0.210. The number of rotatable bonds is 6. The first kappa shape index (κ1) is 13.8. The van der Waals surface area contributed by atoms with Crippen LogP contribution in [0.1, 0.15) is 52.9 Å². The van der Waals surface area contributed by atoms with Gasteiger partial charge in [0.2, 0.25) is 0 Å². The molecule has 3 heteroatoms. The maximum Gasteiger partial charge on any atom is 0.391 e. The Morgan fingerprint density at radius 2 is 1.57 bits per heavy atom. The Bertz CT molecular complexity index is 138. The standard InChI is InChI=1S/C11H21F3/c1-4-5-6-10(11(12,13)14)8-7-9(2)3/h9-10H,4-8H2,1-3H3. The van der Waals surface area contributed by atoms with Crippen LogP contribution in [-0.2, 0) is 0 Å². The molecule has 0 N–H and O–H groups in total. The van der Waals surface area contributed by atoms with E-state index in [1.807, 2.05) is 20.8 Å². The monoisotopic (exact) mass is 210 g/mol. The molecule has 14 heavy (non-hydrogen) atoms. The highest BCUT2D eigenvalue weighted by Gasteiger charge is 2.38. The van der Waals surface area contributed by atoms with Crippen LogP contribution in [0.25, 0.3) is 0 Å². The van der Waals surface area contributed by atoms with Crippen molar-refractivity contribution < 1.29 is 13.2 Å². The Balaban J connectivity index is 3.98. The molecule has 0 saturated carbocycles. The molecule has 1 unspecified atom stereocenters. The molecule has 0 radical (unpaired) electrons. The molecule has 0 heterocycles. The van der Waals surface area contributed by atoms with Gasteiger partial charge in [-0.05, 0) is 18.8 Å². The van der Waals surface area contributed by atoms with E-state index in [0.717, 1.165) is 6.42 Å². The summed E-state index contributed by atoms with van der Waals surface area (Å²) in [5, 5.41) is 0. The van der Waals surface area contributed by atoms with Gasteiger partial charge in [-0.15, -0.1) is 0 Å². The Kier molecular flexibility index (Phi) is 6.21. The molecule has 0 spiro atoms. The van der Waals surface area contributed by atoms with Crippen LogP contribution in [0, 0.1) is 11.8 Å². The van der Waals surface area contributed by atoms with Crippen LogP contribution in [0.5, 0.6) is 0 Å². The Morgan fingerprint density at radius 1 is 1.00 bits per heavy atom. The number of hydrogen-bond donors (Lipinski definition) is 0. The van der Waals surface area contributed by atoms with Gasteiger partial charge in [0, 0.05) is 0 Å². The second kappa shape index (κ2) is 6.31. The Morgan fingerprint density at radius 3 is 1.93 bits per heavy atom. The van der Waals surface area contributed by atoms with Gasteiger partial charge in [-0.1, -0.05) is 40.0 Å². The van der Waals surface area contributed by atoms with Gasteiger partial charge in [0.05, 0.1) is 5.92 Å². The molecular formula is C11H21F3. The first-order valence-corrected chi connectivity index (χ1v) is 5.44. The molecule has 0 saturated heterocycles. The summed E-state index contributed by atoms with van der Waals surface area (Å²) in [4.78, 5) is 0. The molecule has 0 bridgehead atoms. The second-order valence-corrected chi connectivity index (χ2v) is 4.35. The fourth-order valence-corrected chi connectivity index (χ4v) is 1.46. The summed E-state index contributed by atoms with van der Waals surface area (Å²) in [7, 11) is 0. The fraction of sp³-hybridized carbons (Fsp3) is 1.00. The summed E-state index contributed by atoms with van der Waals surface area (Å²) in [5.74, 6) is -0.716. The zero-order valence-corrected chi connectivity index (χ0v) is 9.32. The lowest BCUT2D eigenvalue weighted by Crippen LogP contribution is -2.23. The van der Waals surface area contributed by atoms with E-state index in [1.54, 1.807) is 0 Å². The molecule has 0 amide bonds. The lowest BCUT2D eigenvalue weighted by Gasteiger charge is -2.20. The van der Waals surface area contributed by atoms with Crippen LogP contribution in [0.2, 0.25) is 0 Å². The summed E-state index contributed by atoms with van der Waals surface area (Å²) >= 11 is 0. The van der Waals surface area contributed by atoms with Gasteiger partial charge >= 0.3 is 6.18 Å². The minimum Gasteiger partial charge on any atom is -0.171 e. The molecule has 0 aromatic rings. The van der Waals surface area contributed by atoms with E-state index in [4.69, 9.17) is 0 Å². The molecule has 0 aromatic carbocycles. The molecule has 0 aliphatic carbocycles. The molecule has 0 aromatic heterocycles. The van der Waals surface area contributed by atoms with Crippen LogP contribution < -0.4 is 0 Å². The van der Waals surface area contributed by atoms with Gasteiger partial charge in [0.25, 0.3) is 0 Å². The number of alkyl halides is 3. The maximum atomic E-state index is 12.5. The second-order valence-electron chi connectivity index (χ2n) is 4.35. The normalized spacial score (nSPS) is 14.8. The van der Waals surface area contributed by atoms with Crippen LogP contribution in [0.4, 0.5) is 13.2 Å². The van der Waals surface area contributed by atoms with Crippen molar-refractivity contribution in [1.82, 2.24) is 0 Å². The highest BCUT2D eigenvalue weighted by Crippen LogP contribution is 2.34. The molecule has 86 valence electrons. The number of halogens is 3. The van der Waals surface area contributed by atoms with E-state index in [2.05, 4.69) is 0 Å². The zero-order chi connectivity index (χ0) is 11.2. The highest BCUT2D eigenvalue weighted by molar-refractivity contribution is 4.68. The largest absolute Gasteiger partial charge is 0.391 e. The van der Waals surface area contributed by atoms with Gasteiger partial charge in [0.15, 0.2) is 0 Å². The van der Waals surface area contributed by atoms with E-state index in [1.165, 1.54) is 0 Å². The zero-order valence-electron chi connectivity index (χ0n) is 9.32. The Labute approximate surface area is 84.9 Å². The van der Waals surface area contributed by atoms with E-state index in [-0.39, 0.29) is 0 Å². The molecule has 0 aliphatic rings. The fourth-order valence-electron chi connectivity index (χ4n) is 1.46. The first-order chi connectivity index (χ1) is 6.38. The SMILES string of the molecule is CCCCC(CCC(C)C)C(F)(F)F. The van der Waals surface area contributed by atoms with Crippen molar-refractivity contribution >= 4 is 0 Å². The van der Waals surface area contributed by atoms with Gasteiger partial charge in [0.1, 0.15) is 0 Å². The van der Waals surface area contributed by atoms with Gasteiger partial charge in [-0.3, -0.25) is 0 Å². The summed E-state index contributed by atoms with van der Waals surface area (Å²) in [6.45, 7) is 5.86. The van der Waals surface area contributed by atoms with E-state index < -0.39 is 12.1 Å². The third-order valence-corrected chi connectivity index (χ3v) is 2.46. The van der Waals surface area contributed by atoms with Crippen molar-refractivity contribution in [2.75, 3.05) is 0 Å². The summed E-state index contributed by atoms with van der Waals surface area (Å²) < 4.78 is 37.5. The third-order valence-electron chi connectivity index (χ3n) is 2.46. The topological polar surface area (TPSA) is 0 Å². The number of hydrogen-bond acceptors (Lipinski definition) is 0. The van der Waals surface area contributed by atoms with Crippen LogP contribution in [0.15, 0.2) is 0 Å². The molecule has 1 atom stereocenters.